The van der Waals surface area contributed by atoms with Gasteiger partial charge in [0.2, 0.25) is 5.91 Å². The topological polar surface area (TPSA) is 48.5 Å². The molecular formula is C25H34N4O. The van der Waals surface area contributed by atoms with E-state index in [1.165, 1.54) is 18.4 Å². The first-order chi connectivity index (χ1) is 14.8. The molecule has 1 amide bonds. The summed E-state index contributed by atoms with van der Waals surface area (Å²) < 4.78 is 0. The number of hydrogen-bond acceptors (Lipinski definition) is 4. The van der Waals surface area contributed by atoms with Crippen molar-refractivity contribution < 1.29 is 4.79 Å². The molecule has 1 unspecified atom stereocenters. The summed E-state index contributed by atoms with van der Waals surface area (Å²) in [5, 5.41) is 3.14. The van der Waals surface area contributed by atoms with Crippen molar-refractivity contribution in [2.24, 2.45) is 5.92 Å². The zero-order valence-electron chi connectivity index (χ0n) is 17.9. The Hall–Kier alpha value is -2.24. The molecule has 5 heteroatoms. The van der Waals surface area contributed by atoms with Gasteiger partial charge in [-0.2, -0.15) is 0 Å². The van der Waals surface area contributed by atoms with Gasteiger partial charge in [-0.05, 0) is 63.0 Å². The van der Waals surface area contributed by atoms with E-state index in [1.54, 1.807) is 6.20 Å². The van der Waals surface area contributed by atoms with Crippen LogP contribution in [0.5, 0.6) is 0 Å². The summed E-state index contributed by atoms with van der Waals surface area (Å²) in [6.45, 7) is 6.08. The molecule has 30 heavy (non-hydrogen) atoms. The van der Waals surface area contributed by atoms with Crippen molar-refractivity contribution in [1.29, 1.82) is 0 Å². The minimum atomic E-state index is 0.129. The van der Waals surface area contributed by atoms with Crippen LogP contribution in [0.4, 0.5) is 0 Å². The number of aromatic nitrogens is 1. The molecule has 2 aliphatic rings. The molecule has 0 aliphatic carbocycles. The Morgan fingerprint density at radius 1 is 1.00 bits per heavy atom. The fraction of sp³-hybridized carbons (Fsp3) is 0.520. The highest BCUT2D eigenvalue weighted by Gasteiger charge is 2.31. The molecule has 160 valence electrons. The van der Waals surface area contributed by atoms with Crippen LogP contribution >= 0.6 is 0 Å². The largest absolute Gasteiger partial charge is 0.355 e. The molecule has 1 aromatic heterocycles. The summed E-state index contributed by atoms with van der Waals surface area (Å²) in [6.07, 6.45) is 7.16. The molecule has 0 spiro atoms. The van der Waals surface area contributed by atoms with E-state index in [9.17, 15) is 4.79 Å². The van der Waals surface area contributed by atoms with Gasteiger partial charge in [0, 0.05) is 44.0 Å². The lowest BCUT2D eigenvalue weighted by molar-refractivity contribution is -0.127. The van der Waals surface area contributed by atoms with E-state index in [4.69, 9.17) is 0 Å². The molecule has 2 aromatic rings. The normalized spacial score (nSPS) is 21.4. The molecule has 0 radical (unpaired) electrons. The number of nitrogens with one attached hydrogen (secondary N) is 1. The van der Waals surface area contributed by atoms with Crippen LogP contribution in [-0.2, 0) is 17.8 Å². The zero-order chi connectivity index (χ0) is 20.6. The van der Waals surface area contributed by atoms with Gasteiger partial charge in [-0.15, -0.1) is 0 Å². The van der Waals surface area contributed by atoms with Crippen molar-refractivity contribution in [3.05, 3.63) is 66.0 Å². The predicted molar refractivity (Wildman–Crippen MR) is 120 cm³/mol. The van der Waals surface area contributed by atoms with Gasteiger partial charge < -0.3 is 5.32 Å². The third-order valence-corrected chi connectivity index (χ3v) is 6.55. The molecule has 2 saturated heterocycles. The van der Waals surface area contributed by atoms with Gasteiger partial charge in [0.15, 0.2) is 0 Å². The summed E-state index contributed by atoms with van der Waals surface area (Å²) in [7, 11) is 0. The van der Waals surface area contributed by atoms with Crippen molar-refractivity contribution in [3.8, 4) is 0 Å². The summed E-state index contributed by atoms with van der Waals surface area (Å²) in [5.41, 5.74) is 2.43. The zero-order valence-corrected chi connectivity index (χ0v) is 17.9. The number of pyridine rings is 1. The molecule has 3 heterocycles. The van der Waals surface area contributed by atoms with Gasteiger partial charge in [0.05, 0.1) is 5.92 Å². The van der Waals surface area contributed by atoms with Crippen molar-refractivity contribution in [1.82, 2.24) is 20.1 Å². The van der Waals surface area contributed by atoms with Crippen LogP contribution in [0, 0.1) is 5.92 Å². The SMILES string of the molecule is O=C(NCCc1ccccn1)C1CCCN(C2CCN(Cc3ccccc3)CC2)C1. The summed E-state index contributed by atoms with van der Waals surface area (Å²) >= 11 is 0. The number of rotatable bonds is 7. The maximum atomic E-state index is 12.7. The third-order valence-electron chi connectivity index (χ3n) is 6.55. The van der Waals surface area contributed by atoms with Crippen LogP contribution in [-0.4, -0.2) is 59.5 Å². The lowest BCUT2D eigenvalue weighted by Gasteiger charge is -2.42. The van der Waals surface area contributed by atoms with Crippen molar-refractivity contribution in [3.63, 3.8) is 0 Å². The average molecular weight is 407 g/mol. The van der Waals surface area contributed by atoms with Crippen LogP contribution in [0.3, 0.4) is 0 Å². The number of amides is 1. The molecule has 0 bridgehead atoms. The molecule has 5 nitrogen and oxygen atoms in total. The van der Waals surface area contributed by atoms with Crippen molar-refractivity contribution in [2.75, 3.05) is 32.7 Å². The van der Waals surface area contributed by atoms with E-state index in [-0.39, 0.29) is 11.8 Å². The van der Waals surface area contributed by atoms with Crippen LogP contribution in [0.1, 0.15) is 36.9 Å². The Kier molecular flexibility index (Phi) is 7.49. The van der Waals surface area contributed by atoms with Crippen LogP contribution < -0.4 is 5.32 Å². The molecule has 1 N–H and O–H groups in total. The van der Waals surface area contributed by atoms with E-state index >= 15 is 0 Å². The maximum absolute atomic E-state index is 12.7. The average Bonchev–Trinajstić information content (AvgIpc) is 2.81. The van der Waals surface area contributed by atoms with Crippen molar-refractivity contribution >= 4 is 5.91 Å². The lowest BCUT2D eigenvalue weighted by Crippen LogP contribution is -2.50. The highest BCUT2D eigenvalue weighted by Crippen LogP contribution is 2.24. The number of hydrogen-bond donors (Lipinski definition) is 1. The van der Waals surface area contributed by atoms with Gasteiger partial charge in [-0.25, -0.2) is 0 Å². The Morgan fingerprint density at radius 2 is 1.80 bits per heavy atom. The van der Waals surface area contributed by atoms with Crippen LogP contribution in [0.15, 0.2) is 54.7 Å². The number of carbonyl (C=O) groups excluding carboxylic acids is 1. The summed E-state index contributed by atoms with van der Waals surface area (Å²) in [4.78, 5) is 22.2. The lowest BCUT2D eigenvalue weighted by atomic mass is 9.93. The standard InChI is InChI=1S/C25H34N4O/c30-25(27-15-11-23-10-4-5-14-26-23)22-9-6-16-29(20-22)24-12-17-28(18-13-24)19-21-7-2-1-3-8-21/h1-5,7-8,10,14,22,24H,6,9,11-13,15-20H2,(H,27,30). The first kappa shape index (κ1) is 21.0. The highest BCUT2D eigenvalue weighted by molar-refractivity contribution is 5.78. The quantitative estimate of drug-likeness (QED) is 0.768. The van der Waals surface area contributed by atoms with Crippen LogP contribution in [0.25, 0.3) is 0 Å². The summed E-state index contributed by atoms with van der Waals surface area (Å²) in [5.74, 6) is 0.349. The minimum absolute atomic E-state index is 0.129. The number of nitrogens with zero attached hydrogens (tertiary/aromatic N) is 3. The van der Waals surface area contributed by atoms with Gasteiger partial charge in [0.1, 0.15) is 0 Å². The number of carbonyl (C=O) groups is 1. The van der Waals surface area contributed by atoms with E-state index in [0.29, 0.717) is 12.6 Å². The molecule has 4 rings (SSSR count). The molecule has 1 atom stereocenters. The number of benzene rings is 1. The Morgan fingerprint density at radius 3 is 2.57 bits per heavy atom. The highest BCUT2D eigenvalue weighted by atomic mass is 16.1. The molecule has 2 fully saturated rings. The van der Waals surface area contributed by atoms with E-state index in [0.717, 1.165) is 57.7 Å². The Balaban J connectivity index is 1.20. The third kappa shape index (κ3) is 5.89. The first-order valence-corrected chi connectivity index (χ1v) is 11.5. The Bertz CT molecular complexity index is 774. The van der Waals surface area contributed by atoms with E-state index < -0.39 is 0 Å². The van der Waals surface area contributed by atoms with Crippen LogP contribution in [0.2, 0.25) is 0 Å². The summed E-state index contributed by atoms with van der Waals surface area (Å²) in [6, 6.07) is 17.3. The Labute approximate surface area is 180 Å². The molecule has 1 aromatic carbocycles. The fourth-order valence-corrected chi connectivity index (χ4v) is 4.84. The molecule has 2 aliphatic heterocycles. The number of likely N-dealkylation sites (tertiary alicyclic amines) is 2. The monoisotopic (exact) mass is 406 g/mol. The van der Waals surface area contributed by atoms with Crippen molar-refractivity contribution in [2.45, 2.75) is 44.7 Å². The first-order valence-electron chi connectivity index (χ1n) is 11.5. The predicted octanol–water partition coefficient (Wildman–Crippen LogP) is 3.12. The second-order valence-electron chi connectivity index (χ2n) is 8.69. The molecular weight excluding hydrogens is 372 g/mol. The second-order valence-corrected chi connectivity index (χ2v) is 8.69. The van der Waals surface area contributed by atoms with E-state index in [2.05, 4.69) is 50.4 Å². The smallest absolute Gasteiger partial charge is 0.224 e. The van der Waals surface area contributed by atoms with Gasteiger partial charge >= 0.3 is 0 Å². The van der Waals surface area contributed by atoms with Gasteiger partial charge in [-0.1, -0.05) is 36.4 Å². The molecule has 0 saturated carbocycles. The minimum Gasteiger partial charge on any atom is -0.355 e. The van der Waals surface area contributed by atoms with Gasteiger partial charge in [0.25, 0.3) is 0 Å². The fourth-order valence-electron chi connectivity index (χ4n) is 4.84. The van der Waals surface area contributed by atoms with Gasteiger partial charge in [-0.3, -0.25) is 19.6 Å². The van der Waals surface area contributed by atoms with E-state index in [1.807, 2.05) is 18.2 Å². The maximum Gasteiger partial charge on any atom is 0.224 e. The second kappa shape index (κ2) is 10.7. The number of piperidine rings is 2.